The second-order valence-corrected chi connectivity index (χ2v) is 5.92. The standard InChI is InChI=1S/C15H21FN2O3/c1-9(2)15(3,4)8-17-14(21)18-12-10(13(19)20)6-5-7-11(12)16/h5-7,9H,8H2,1-4H3,(H,19,20)(H2,17,18,21). The van der Waals surface area contributed by atoms with Crippen molar-refractivity contribution in [2.45, 2.75) is 27.7 Å². The topological polar surface area (TPSA) is 78.4 Å². The molecule has 2 amide bonds. The quantitative estimate of drug-likeness (QED) is 0.780. The van der Waals surface area contributed by atoms with Gasteiger partial charge in [0.15, 0.2) is 0 Å². The fourth-order valence-corrected chi connectivity index (χ4v) is 1.50. The summed E-state index contributed by atoms with van der Waals surface area (Å²) in [4.78, 5) is 22.9. The van der Waals surface area contributed by atoms with Crippen molar-refractivity contribution in [3.8, 4) is 0 Å². The number of nitrogens with one attached hydrogen (secondary N) is 2. The lowest BCUT2D eigenvalue weighted by Gasteiger charge is -2.29. The predicted molar refractivity (Wildman–Crippen MR) is 79.0 cm³/mol. The molecule has 0 heterocycles. The Kier molecular flexibility index (Phi) is 5.29. The van der Waals surface area contributed by atoms with Gasteiger partial charge in [-0.15, -0.1) is 0 Å². The molecule has 0 saturated heterocycles. The lowest BCUT2D eigenvalue weighted by molar-refractivity contribution is 0.0697. The molecule has 0 saturated carbocycles. The molecule has 1 aromatic carbocycles. The summed E-state index contributed by atoms with van der Waals surface area (Å²) in [5.74, 6) is -1.73. The molecular formula is C15H21FN2O3. The summed E-state index contributed by atoms with van der Waals surface area (Å²) >= 11 is 0. The molecule has 1 aromatic rings. The number of hydrogen-bond donors (Lipinski definition) is 3. The van der Waals surface area contributed by atoms with Gasteiger partial charge in [-0.25, -0.2) is 14.0 Å². The van der Waals surface area contributed by atoms with Gasteiger partial charge < -0.3 is 15.7 Å². The van der Waals surface area contributed by atoms with Crippen molar-refractivity contribution in [1.82, 2.24) is 5.32 Å². The number of halogens is 1. The zero-order chi connectivity index (χ0) is 16.2. The number of para-hydroxylation sites is 1. The molecule has 0 radical (unpaired) electrons. The molecule has 116 valence electrons. The Bertz CT molecular complexity index is 542. The van der Waals surface area contributed by atoms with Crippen LogP contribution in [-0.4, -0.2) is 23.7 Å². The second kappa shape index (κ2) is 6.56. The molecule has 3 N–H and O–H groups in total. The maximum atomic E-state index is 13.7. The third kappa shape index (κ3) is 4.44. The van der Waals surface area contributed by atoms with Crippen LogP contribution in [0.4, 0.5) is 14.9 Å². The normalized spacial score (nSPS) is 11.3. The predicted octanol–water partition coefficient (Wildman–Crippen LogP) is 3.33. The molecule has 0 aliphatic heterocycles. The number of carbonyl (C=O) groups excluding carboxylic acids is 1. The number of urea groups is 1. The van der Waals surface area contributed by atoms with E-state index in [2.05, 4.69) is 10.6 Å². The van der Waals surface area contributed by atoms with Gasteiger partial charge in [-0.05, 0) is 23.5 Å². The van der Waals surface area contributed by atoms with E-state index in [1.54, 1.807) is 0 Å². The Morgan fingerprint density at radius 3 is 2.48 bits per heavy atom. The molecule has 0 fully saturated rings. The number of rotatable bonds is 5. The minimum absolute atomic E-state index is 0.123. The van der Waals surface area contributed by atoms with Crippen molar-refractivity contribution in [3.63, 3.8) is 0 Å². The Morgan fingerprint density at radius 2 is 1.95 bits per heavy atom. The fraction of sp³-hybridized carbons (Fsp3) is 0.467. The highest BCUT2D eigenvalue weighted by Gasteiger charge is 2.23. The van der Waals surface area contributed by atoms with Crippen LogP contribution in [0, 0.1) is 17.2 Å². The molecular weight excluding hydrogens is 275 g/mol. The van der Waals surface area contributed by atoms with Gasteiger partial charge in [0.1, 0.15) is 5.82 Å². The van der Waals surface area contributed by atoms with E-state index in [4.69, 9.17) is 5.11 Å². The molecule has 0 atom stereocenters. The summed E-state index contributed by atoms with van der Waals surface area (Å²) < 4.78 is 13.7. The van der Waals surface area contributed by atoms with Crippen molar-refractivity contribution in [3.05, 3.63) is 29.6 Å². The monoisotopic (exact) mass is 296 g/mol. The lowest BCUT2D eigenvalue weighted by Crippen LogP contribution is -2.39. The average Bonchev–Trinajstić information content (AvgIpc) is 2.38. The first-order valence-electron chi connectivity index (χ1n) is 6.72. The lowest BCUT2D eigenvalue weighted by atomic mass is 9.81. The fourth-order valence-electron chi connectivity index (χ4n) is 1.50. The average molecular weight is 296 g/mol. The van der Waals surface area contributed by atoms with E-state index in [9.17, 15) is 14.0 Å². The Hall–Kier alpha value is -2.11. The van der Waals surface area contributed by atoms with E-state index < -0.39 is 17.8 Å². The first-order chi connectivity index (χ1) is 9.65. The third-order valence-corrected chi connectivity index (χ3v) is 3.75. The third-order valence-electron chi connectivity index (χ3n) is 3.75. The minimum Gasteiger partial charge on any atom is -0.478 e. The molecule has 1 rings (SSSR count). The first kappa shape index (κ1) is 16.9. The zero-order valence-corrected chi connectivity index (χ0v) is 12.7. The summed E-state index contributed by atoms with van der Waals surface area (Å²) in [5.41, 5.74) is -0.736. The number of hydrogen-bond acceptors (Lipinski definition) is 2. The van der Waals surface area contributed by atoms with Crippen LogP contribution in [0.1, 0.15) is 38.1 Å². The van der Waals surface area contributed by atoms with Gasteiger partial charge in [-0.2, -0.15) is 0 Å². The van der Waals surface area contributed by atoms with Gasteiger partial charge in [-0.3, -0.25) is 0 Å². The number of anilines is 1. The number of carboxylic acids is 1. The molecule has 0 aliphatic rings. The van der Waals surface area contributed by atoms with Crippen LogP contribution in [0.25, 0.3) is 0 Å². The van der Waals surface area contributed by atoms with E-state index >= 15 is 0 Å². The summed E-state index contributed by atoms with van der Waals surface area (Å²) in [7, 11) is 0. The number of carboxylic acid groups (broad SMARTS) is 1. The van der Waals surface area contributed by atoms with Crippen LogP contribution in [0.2, 0.25) is 0 Å². The van der Waals surface area contributed by atoms with Crippen LogP contribution >= 0.6 is 0 Å². The van der Waals surface area contributed by atoms with Crippen LogP contribution < -0.4 is 10.6 Å². The van der Waals surface area contributed by atoms with E-state index in [-0.39, 0.29) is 16.7 Å². The Labute approximate surface area is 123 Å². The van der Waals surface area contributed by atoms with Gasteiger partial charge >= 0.3 is 12.0 Å². The smallest absolute Gasteiger partial charge is 0.337 e. The Balaban J connectivity index is 2.79. The maximum absolute atomic E-state index is 13.7. The van der Waals surface area contributed by atoms with Gasteiger partial charge in [0.2, 0.25) is 0 Å². The van der Waals surface area contributed by atoms with Crippen molar-refractivity contribution in [2.24, 2.45) is 11.3 Å². The van der Waals surface area contributed by atoms with E-state index in [0.29, 0.717) is 12.5 Å². The van der Waals surface area contributed by atoms with Crippen LogP contribution in [0.15, 0.2) is 18.2 Å². The van der Waals surface area contributed by atoms with Gasteiger partial charge in [0.05, 0.1) is 11.3 Å². The summed E-state index contributed by atoms with van der Waals surface area (Å²) in [6.45, 7) is 8.48. The summed E-state index contributed by atoms with van der Waals surface area (Å²) in [6.07, 6.45) is 0. The van der Waals surface area contributed by atoms with Crippen molar-refractivity contribution in [1.29, 1.82) is 0 Å². The molecule has 5 nitrogen and oxygen atoms in total. The molecule has 6 heteroatoms. The SMILES string of the molecule is CC(C)C(C)(C)CNC(=O)Nc1c(F)cccc1C(=O)O. The summed E-state index contributed by atoms with van der Waals surface area (Å²) in [5, 5.41) is 13.9. The second-order valence-electron chi connectivity index (χ2n) is 5.92. The molecule has 0 aliphatic carbocycles. The number of aromatic carboxylic acids is 1. The van der Waals surface area contributed by atoms with Crippen molar-refractivity contribution in [2.75, 3.05) is 11.9 Å². The van der Waals surface area contributed by atoms with Gasteiger partial charge in [-0.1, -0.05) is 33.8 Å². The Morgan fingerprint density at radius 1 is 1.33 bits per heavy atom. The minimum atomic E-state index is -1.30. The first-order valence-corrected chi connectivity index (χ1v) is 6.72. The van der Waals surface area contributed by atoms with Crippen molar-refractivity contribution >= 4 is 17.7 Å². The highest BCUT2D eigenvalue weighted by atomic mass is 19.1. The largest absolute Gasteiger partial charge is 0.478 e. The van der Waals surface area contributed by atoms with Crippen LogP contribution in [0.3, 0.4) is 0 Å². The van der Waals surface area contributed by atoms with E-state index in [0.717, 1.165) is 6.07 Å². The highest BCUT2D eigenvalue weighted by molar-refractivity contribution is 6.00. The number of amides is 2. The number of benzene rings is 1. The van der Waals surface area contributed by atoms with Gasteiger partial charge in [0, 0.05) is 6.54 Å². The molecule has 0 unspecified atom stereocenters. The zero-order valence-electron chi connectivity index (χ0n) is 12.7. The molecule has 21 heavy (non-hydrogen) atoms. The molecule has 0 aromatic heterocycles. The maximum Gasteiger partial charge on any atom is 0.337 e. The van der Waals surface area contributed by atoms with Crippen LogP contribution in [0.5, 0.6) is 0 Å². The highest BCUT2D eigenvalue weighted by Crippen LogP contribution is 2.25. The molecule has 0 spiro atoms. The number of carbonyl (C=O) groups is 2. The van der Waals surface area contributed by atoms with E-state index in [1.165, 1.54) is 12.1 Å². The molecule has 0 bridgehead atoms. The van der Waals surface area contributed by atoms with Gasteiger partial charge in [0.25, 0.3) is 0 Å². The summed E-state index contributed by atoms with van der Waals surface area (Å²) in [6, 6.07) is 2.99. The van der Waals surface area contributed by atoms with Crippen LogP contribution in [-0.2, 0) is 0 Å². The van der Waals surface area contributed by atoms with Crippen molar-refractivity contribution < 1.29 is 19.1 Å². The van der Waals surface area contributed by atoms with E-state index in [1.807, 2.05) is 27.7 Å².